The lowest BCUT2D eigenvalue weighted by Gasteiger charge is -2.08. The van der Waals surface area contributed by atoms with E-state index in [1.54, 1.807) is 11.8 Å². The Bertz CT molecular complexity index is 1310. The first-order chi connectivity index (χ1) is 15.4. The van der Waals surface area contributed by atoms with Crippen molar-refractivity contribution in [3.8, 4) is 11.3 Å². The van der Waals surface area contributed by atoms with E-state index in [-0.39, 0.29) is 16.3 Å². The number of nitro groups is 1. The molecule has 0 radical (unpaired) electrons. The second kappa shape index (κ2) is 9.65. The van der Waals surface area contributed by atoms with Crippen molar-refractivity contribution in [2.24, 2.45) is 0 Å². The second-order valence-corrected chi connectivity index (χ2v) is 8.88. The molecule has 0 fully saturated rings. The van der Waals surface area contributed by atoms with Gasteiger partial charge in [0.2, 0.25) is 0 Å². The Kier molecular flexibility index (Phi) is 6.69. The lowest BCUT2D eigenvalue weighted by atomic mass is 10.1. The van der Waals surface area contributed by atoms with Crippen LogP contribution in [0.15, 0.2) is 71.6 Å². The minimum Gasteiger partial charge on any atom is -0.354 e. The molecule has 1 amide bonds. The highest BCUT2D eigenvalue weighted by atomic mass is 35.5. The smallest absolute Gasteiger partial charge is 0.282 e. The summed E-state index contributed by atoms with van der Waals surface area (Å²) in [5.74, 6) is 0.0411. The van der Waals surface area contributed by atoms with E-state index in [0.717, 1.165) is 27.1 Å². The molecule has 9 heteroatoms. The molecule has 32 heavy (non-hydrogen) atoms. The Labute approximate surface area is 198 Å². The van der Waals surface area contributed by atoms with Crippen molar-refractivity contribution < 1.29 is 9.72 Å². The number of carbonyl (C=O) groups is 1. The number of aromatic amines is 1. The highest BCUT2D eigenvalue weighted by Gasteiger charge is 2.20. The first-order valence-electron chi connectivity index (χ1n) is 9.65. The topological polar surface area (TPSA) is 88.0 Å². The second-order valence-electron chi connectivity index (χ2n) is 6.90. The lowest BCUT2D eigenvalue weighted by molar-refractivity contribution is -0.385. The first-order valence-corrected chi connectivity index (χ1v) is 11.4. The van der Waals surface area contributed by atoms with Crippen LogP contribution in [-0.4, -0.2) is 28.1 Å². The highest BCUT2D eigenvalue weighted by Crippen LogP contribution is 2.37. The molecule has 4 aromatic rings. The zero-order chi connectivity index (χ0) is 22.7. The van der Waals surface area contributed by atoms with Crippen molar-refractivity contribution in [2.75, 3.05) is 12.3 Å². The fourth-order valence-corrected chi connectivity index (χ4v) is 4.70. The fourth-order valence-electron chi connectivity index (χ4n) is 3.35. The van der Waals surface area contributed by atoms with Gasteiger partial charge in [-0.25, -0.2) is 0 Å². The zero-order valence-electron chi connectivity index (χ0n) is 16.6. The summed E-state index contributed by atoms with van der Waals surface area (Å²) in [5, 5.41) is 16.0. The molecule has 6 nitrogen and oxygen atoms in total. The van der Waals surface area contributed by atoms with Crippen LogP contribution in [-0.2, 0) is 0 Å². The van der Waals surface area contributed by atoms with Crippen molar-refractivity contribution in [3.63, 3.8) is 0 Å². The molecular weight excluding hydrogens is 469 g/mol. The van der Waals surface area contributed by atoms with Crippen molar-refractivity contribution in [2.45, 2.75) is 4.90 Å². The molecule has 2 N–H and O–H groups in total. The van der Waals surface area contributed by atoms with Crippen LogP contribution in [0.2, 0.25) is 10.0 Å². The Morgan fingerprint density at radius 3 is 2.50 bits per heavy atom. The summed E-state index contributed by atoms with van der Waals surface area (Å²) in [5.41, 5.74) is 2.66. The van der Waals surface area contributed by atoms with Crippen LogP contribution in [0.5, 0.6) is 0 Å². The third-order valence-electron chi connectivity index (χ3n) is 4.83. The third-order valence-corrected chi connectivity index (χ3v) is 6.43. The number of benzene rings is 3. The molecule has 0 bridgehead atoms. The number of nitrogens with one attached hydrogen (secondary N) is 2. The summed E-state index contributed by atoms with van der Waals surface area (Å²) in [6.07, 6.45) is 0. The molecule has 0 spiro atoms. The molecule has 0 aliphatic rings. The van der Waals surface area contributed by atoms with Crippen LogP contribution in [0.1, 0.15) is 10.4 Å². The van der Waals surface area contributed by atoms with E-state index in [1.807, 2.05) is 48.5 Å². The largest absolute Gasteiger partial charge is 0.354 e. The summed E-state index contributed by atoms with van der Waals surface area (Å²) in [6.45, 7) is 0.326. The average molecular weight is 486 g/mol. The number of carbonyl (C=O) groups excluding carboxylic acids is 1. The van der Waals surface area contributed by atoms with E-state index in [0.29, 0.717) is 17.3 Å². The minimum atomic E-state index is -0.593. The third kappa shape index (κ3) is 4.75. The molecule has 0 saturated carbocycles. The number of hydrogen-bond donors (Lipinski definition) is 2. The number of amides is 1. The van der Waals surface area contributed by atoms with Crippen LogP contribution >= 0.6 is 35.0 Å². The van der Waals surface area contributed by atoms with Gasteiger partial charge in [-0.2, -0.15) is 0 Å². The predicted octanol–water partition coefficient (Wildman–Crippen LogP) is 6.57. The fraction of sp³-hybridized carbons (Fsp3) is 0.0870. The number of fused-ring (bicyclic) bond motifs is 1. The number of nitro benzene ring substituents is 1. The number of para-hydroxylation sites is 1. The van der Waals surface area contributed by atoms with Crippen molar-refractivity contribution in [3.05, 3.63) is 92.5 Å². The van der Waals surface area contributed by atoms with Gasteiger partial charge < -0.3 is 10.3 Å². The highest BCUT2D eigenvalue weighted by molar-refractivity contribution is 7.99. The number of halogens is 2. The van der Waals surface area contributed by atoms with Crippen molar-refractivity contribution in [1.29, 1.82) is 0 Å². The molecule has 0 aliphatic heterocycles. The Hall–Kier alpha value is -3.00. The number of nitrogens with zero attached hydrogens (tertiary/aromatic N) is 1. The Balaban J connectivity index is 1.50. The van der Waals surface area contributed by atoms with Crippen LogP contribution in [0.4, 0.5) is 5.69 Å². The summed E-state index contributed by atoms with van der Waals surface area (Å²) < 4.78 is 0. The molecule has 162 valence electrons. The van der Waals surface area contributed by atoms with Crippen LogP contribution in [0, 0.1) is 10.1 Å². The molecule has 3 aromatic carbocycles. The van der Waals surface area contributed by atoms with Crippen LogP contribution in [0.25, 0.3) is 22.2 Å². The number of H-pyrrole nitrogens is 1. The van der Waals surface area contributed by atoms with E-state index in [2.05, 4.69) is 10.3 Å². The predicted molar refractivity (Wildman–Crippen MR) is 130 cm³/mol. The van der Waals surface area contributed by atoms with Gasteiger partial charge in [0.1, 0.15) is 5.56 Å². The van der Waals surface area contributed by atoms with Crippen molar-refractivity contribution >= 4 is 57.5 Å². The summed E-state index contributed by atoms with van der Waals surface area (Å²) in [4.78, 5) is 27.7. The number of thioether (sulfide) groups is 1. The quantitative estimate of drug-likeness (QED) is 0.134. The molecule has 1 aromatic heterocycles. The molecule has 1 heterocycles. The first kappa shape index (κ1) is 22.2. The normalized spacial score (nSPS) is 10.9. The van der Waals surface area contributed by atoms with Gasteiger partial charge in [0, 0.05) is 44.2 Å². The van der Waals surface area contributed by atoms with Gasteiger partial charge in [-0.1, -0.05) is 53.5 Å². The monoisotopic (exact) mass is 485 g/mol. The summed E-state index contributed by atoms with van der Waals surface area (Å²) in [7, 11) is 0. The Morgan fingerprint density at radius 1 is 1.03 bits per heavy atom. The van der Waals surface area contributed by atoms with E-state index in [4.69, 9.17) is 23.2 Å². The number of rotatable bonds is 7. The molecule has 0 unspecified atom stereocenters. The van der Waals surface area contributed by atoms with Gasteiger partial charge in [-0.3, -0.25) is 14.9 Å². The number of hydrogen-bond acceptors (Lipinski definition) is 4. The maximum absolute atomic E-state index is 12.5. The van der Waals surface area contributed by atoms with Gasteiger partial charge in [-0.15, -0.1) is 11.8 Å². The van der Waals surface area contributed by atoms with Crippen LogP contribution < -0.4 is 5.32 Å². The van der Waals surface area contributed by atoms with E-state index in [1.165, 1.54) is 18.2 Å². The Morgan fingerprint density at radius 2 is 1.75 bits per heavy atom. The van der Waals surface area contributed by atoms with E-state index >= 15 is 0 Å². The van der Waals surface area contributed by atoms with Crippen molar-refractivity contribution in [1.82, 2.24) is 10.3 Å². The molecule has 0 saturated heterocycles. The van der Waals surface area contributed by atoms with Gasteiger partial charge in [0.25, 0.3) is 11.6 Å². The lowest BCUT2D eigenvalue weighted by Crippen LogP contribution is -2.26. The SMILES string of the molecule is O=C(NCCSc1c(-c2ccc(Cl)cc2)[nH]c2ccccc12)c1cc(Cl)ccc1[N+](=O)[O-]. The molecule has 0 atom stereocenters. The van der Waals surface area contributed by atoms with Gasteiger partial charge in [0.05, 0.1) is 10.6 Å². The van der Waals surface area contributed by atoms with Gasteiger partial charge >= 0.3 is 0 Å². The zero-order valence-corrected chi connectivity index (χ0v) is 18.9. The minimum absolute atomic E-state index is 0.0542. The van der Waals surface area contributed by atoms with Gasteiger partial charge in [0.15, 0.2) is 0 Å². The molecule has 0 aliphatic carbocycles. The molecule has 4 rings (SSSR count). The standard InChI is InChI=1S/C23H17Cl2N3O3S/c24-15-7-5-14(6-8-15)21-22(17-3-1-2-4-19(17)27-21)32-12-11-26-23(29)18-13-16(25)9-10-20(18)28(30)31/h1-10,13,27H,11-12H2,(H,26,29). The summed E-state index contributed by atoms with van der Waals surface area (Å²) in [6, 6.07) is 19.5. The van der Waals surface area contributed by atoms with E-state index < -0.39 is 10.8 Å². The van der Waals surface area contributed by atoms with E-state index in [9.17, 15) is 14.9 Å². The maximum Gasteiger partial charge on any atom is 0.282 e. The van der Waals surface area contributed by atoms with Gasteiger partial charge in [-0.05, 0) is 35.9 Å². The summed E-state index contributed by atoms with van der Waals surface area (Å²) >= 11 is 13.5. The van der Waals surface area contributed by atoms with Crippen LogP contribution in [0.3, 0.4) is 0 Å². The maximum atomic E-state index is 12.5. The number of aromatic nitrogens is 1. The molecular formula is C23H17Cl2N3O3S. The average Bonchev–Trinajstić information content (AvgIpc) is 3.15.